The van der Waals surface area contributed by atoms with Gasteiger partial charge in [0.05, 0.1) is 14.2 Å². The largest absolute Gasteiger partial charge is 0.496 e. The van der Waals surface area contributed by atoms with Crippen LogP contribution in [0.25, 0.3) is 0 Å². The predicted octanol–water partition coefficient (Wildman–Crippen LogP) is 3.85. The van der Waals surface area contributed by atoms with Crippen LogP contribution < -0.4 is 20.1 Å². The zero-order valence-electron chi connectivity index (χ0n) is 16.8. The number of guanidine groups is 1. The van der Waals surface area contributed by atoms with E-state index >= 15 is 0 Å². The van der Waals surface area contributed by atoms with Crippen molar-refractivity contribution in [2.45, 2.75) is 26.8 Å². The van der Waals surface area contributed by atoms with E-state index in [2.05, 4.69) is 46.8 Å². The standard InChI is InChI=1S/C21H29N3O2.HI/c1-15-6-8-20(26-5)18(12-15)10-11-23-21(22-3)24-14-17-7-9-19(25-4)16(2)13-17;/h6-9,12-13H,10-11,14H2,1-5H3,(H2,22,23,24);1H. The van der Waals surface area contributed by atoms with Crippen LogP contribution in [0.3, 0.4) is 0 Å². The van der Waals surface area contributed by atoms with E-state index in [9.17, 15) is 0 Å². The second-order valence-corrected chi connectivity index (χ2v) is 6.22. The summed E-state index contributed by atoms with van der Waals surface area (Å²) in [4.78, 5) is 4.29. The highest BCUT2D eigenvalue weighted by Gasteiger charge is 2.05. The van der Waals surface area contributed by atoms with E-state index in [0.717, 1.165) is 36.0 Å². The Labute approximate surface area is 179 Å². The Bertz CT molecular complexity index is 763. The van der Waals surface area contributed by atoms with Crippen LogP contribution in [0.5, 0.6) is 11.5 Å². The summed E-state index contributed by atoms with van der Waals surface area (Å²) in [5, 5.41) is 6.70. The number of hydrogen-bond acceptors (Lipinski definition) is 3. The number of halogens is 1. The minimum absolute atomic E-state index is 0. The van der Waals surface area contributed by atoms with Crippen LogP contribution in [0, 0.1) is 13.8 Å². The fourth-order valence-corrected chi connectivity index (χ4v) is 2.88. The molecule has 0 bridgehead atoms. The molecule has 2 aromatic carbocycles. The van der Waals surface area contributed by atoms with E-state index in [0.29, 0.717) is 6.54 Å². The van der Waals surface area contributed by atoms with Crippen molar-refractivity contribution in [1.29, 1.82) is 0 Å². The molecule has 0 amide bonds. The zero-order valence-corrected chi connectivity index (χ0v) is 19.1. The molecule has 0 heterocycles. The molecule has 0 radical (unpaired) electrons. The van der Waals surface area contributed by atoms with E-state index in [4.69, 9.17) is 9.47 Å². The lowest BCUT2D eigenvalue weighted by Crippen LogP contribution is -2.37. The van der Waals surface area contributed by atoms with Gasteiger partial charge in [-0.05, 0) is 49.1 Å². The average molecular weight is 483 g/mol. The number of nitrogens with zero attached hydrogens (tertiary/aromatic N) is 1. The number of aryl methyl sites for hydroxylation is 2. The maximum Gasteiger partial charge on any atom is 0.191 e. The first kappa shape index (κ1) is 23.1. The highest BCUT2D eigenvalue weighted by molar-refractivity contribution is 14.0. The monoisotopic (exact) mass is 483 g/mol. The molecule has 0 saturated heterocycles. The highest BCUT2D eigenvalue weighted by Crippen LogP contribution is 2.20. The van der Waals surface area contributed by atoms with Crippen molar-refractivity contribution in [3.05, 3.63) is 58.7 Å². The van der Waals surface area contributed by atoms with Crippen molar-refractivity contribution in [2.75, 3.05) is 27.8 Å². The number of aliphatic imine (C=N–C) groups is 1. The van der Waals surface area contributed by atoms with Crippen molar-refractivity contribution >= 4 is 29.9 Å². The smallest absolute Gasteiger partial charge is 0.191 e. The van der Waals surface area contributed by atoms with Crippen LogP contribution >= 0.6 is 24.0 Å². The molecule has 0 atom stereocenters. The molecule has 0 aliphatic rings. The van der Waals surface area contributed by atoms with E-state index in [1.165, 1.54) is 16.7 Å². The summed E-state index contributed by atoms with van der Waals surface area (Å²) in [5.41, 5.74) is 4.74. The van der Waals surface area contributed by atoms with E-state index in [1.54, 1.807) is 21.3 Å². The summed E-state index contributed by atoms with van der Waals surface area (Å²) in [7, 11) is 5.18. The molecule has 0 unspecified atom stereocenters. The Hall–Kier alpha value is -1.96. The third-order valence-electron chi connectivity index (χ3n) is 4.27. The fourth-order valence-electron chi connectivity index (χ4n) is 2.88. The van der Waals surface area contributed by atoms with Gasteiger partial charge in [0.1, 0.15) is 11.5 Å². The Kier molecular flexibility index (Phi) is 9.99. The zero-order chi connectivity index (χ0) is 18.9. The highest BCUT2D eigenvalue weighted by atomic mass is 127. The Morgan fingerprint density at radius 1 is 0.963 bits per heavy atom. The number of hydrogen-bond donors (Lipinski definition) is 2. The molecule has 6 heteroatoms. The van der Waals surface area contributed by atoms with Crippen LogP contribution in [0.4, 0.5) is 0 Å². The van der Waals surface area contributed by atoms with Gasteiger partial charge in [0.25, 0.3) is 0 Å². The van der Waals surface area contributed by atoms with Gasteiger partial charge in [-0.2, -0.15) is 0 Å². The molecule has 2 aromatic rings. The SMILES string of the molecule is CN=C(NCCc1cc(C)ccc1OC)NCc1ccc(OC)c(C)c1.I. The second kappa shape index (κ2) is 11.7. The third-order valence-corrected chi connectivity index (χ3v) is 4.27. The number of nitrogens with one attached hydrogen (secondary N) is 2. The quantitative estimate of drug-likeness (QED) is 0.357. The van der Waals surface area contributed by atoms with Crippen LogP contribution in [0.15, 0.2) is 41.4 Å². The van der Waals surface area contributed by atoms with E-state index in [1.807, 2.05) is 19.1 Å². The molecule has 0 fully saturated rings. The molecular formula is C21H30IN3O2. The molecular weight excluding hydrogens is 453 g/mol. The summed E-state index contributed by atoms with van der Waals surface area (Å²) in [6.07, 6.45) is 0.868. The molecule has 27 heavy (non-hydrogen) atoms. The lowest BCUT2D eigenvalue weighted by molar-refractivity contribution is 0.409. The molecule has 0 aliphatic heterocycles. The first-order valence-corrected chi connectivity index (χ1v) is 8.79. The van der Waals surface area contributed by atoms with Gasteiger partial charge in [0.2, 0.25) is 0 Å². The Morgan fingerprint density at radius 3 is 2.30 bits per heavy atom. The lowest BCUT2D eigenvalue weighted by Gasteiger charge is -2.14. The maximum absolute atomic E-state index is 5.44. The second-order valence-electron chi connectivity index (χ2n) is 6.22. The van der Waals surface area contributed by atoms with Crippen molar-refractivity contribution < 1.29 is 9.47 Å². The predicted molar refractivity (Wildman–Crippen MR) is 123 cm³/mol. The number of benzene rings is 2. The summed E-state index contributed by atoms with van der Waals surface area (Å²) in [6, 6.07) is 12.4. The first-order chi connectivity index (χ1) is 12.6. The van der Waals surface area contributed by atoms with E-state index in [-0.39, 0.29) is 24.0 Å². The molecule has 0 aromatic heterocycles. The Balaban J connectivity index is 0.00000364. The Morgan fingerprint density at radius 2 is 1.67 bits per heavy atom. The summed E-state index contributed by atoms with van der Waals surface area (Å²) < 4.78 is 10.7. The summed E-state index contributed by atoms with van der Waals surface area (Å²) >= 11 is 0. The van der Waals surface area contributed by atoms with Crippen molar-refractivity contribution in [3.8, 4) is 11.5 Å². The average Bonchev–Trinajstić information content (AvgIpc) is 2.64. The topological polar surface area (TPSA) is 54.9 Å². The normalized spacial score (nSPS) is 10.8. The van der Waals surface area contributed by atoms with Crippen molar-refractivity contribution in [2.24, 2.45) is 4.99 Å². The van der Waals surface area contributed by atoms with Crippen LogP contribution in [0.1, 0.15) is 22.3 Å². The molecule has 0 spiro atoms. The minimum atomic E-state index is 0. The van der Waals surface area contributed by atoms with Gasteiger partial charge in [-0.15, -0.1) is 24.0 Å². The minimum Gasteiger partial charge on any atom is -0.496 e. The maximum atomic E-state index is 5.44. The fraction of sp³-hybridized carbons (Fsp3) is 0.381. The molecule has 5 nitrogen and oxygen atoms in total. The number of ether oxygens (including phenoxy) is 2. The van der Waals surface area contributed by atoms with Crippen LogP contribution in [0.2, 0.25) is 0 Å². The molecule has 148 valence electrons. The number of rotatable bonds is 7. The summed E-state index contributed by atoms with van der Waals surface area (Å²) in [6.45, 7) is 5.62. The molecule has 2 N–H and O–H groups in total. The van der Waals surface area contributed by atoms with Gasteiger partial charge in [-0.1, -0.05) is 29.8 Å². The van der Waals surface area contributed by atoms with Crippen molar-refractivity contribution in [1.82, 2.24) is 10.6 Å². The number of methoxy groups -OCH3 is 2. The molecule has 0 aliphatic carbocycles. The van der Waals surface area contributed by atoms with Gasteiger partial charge >= 0.3 is 0 Å². The molecule has 2 rings (SSSR count). The van der Waals surface area contributed by atoms with Gasteiger partial charge < -0.3 is 20.1 Å². The lowest BCUT2D eigenvalue weighted by atomic mass is 10.1. The summed E-state index contributed by atoms with van der Waals surface area (Å²) in [5.74, 6) is 2.61. The third kappa shape index (κ3) is 6.93. The van der Waals surface area contributed by atoms with Gasteiger partial charge in [0.15, 0.2) is 5.96 Å². The van der Waals surface area contributed by atoms with Crippen molar-refractivity contribution in [3.63, 3.8) is 0 Å². The van der Waals surface area contributed by atoms with Gasteiger partial charge in [-0.25, -0.2) is 0 Å². The first-order valence-electron chi connectivity index (χ1n) is 8.79. The van der Waals surface area contributed by atoms with Gasteiger partial charge in [-0.3, -0.25) is 4.99 Å². The van der Waals surface area contributed by atoms with Crippen LogP contribution in [-0.4, -0.2) is 33.8 Å². The molecule has 0 saturated carbocycles. The van der Waals surface area contributed by atoms with Gasteiger partial charge in [0, 0.05) is 20.1 Å². The van der Waals surface area contributed by atoms with E-state index < -0.39 is 0 Å². The van der Waals surface area contributed by atoms with Crippen LogP contribution in [-0.2, 0) is 13.0 Å².